The van der Waals surface area contributed by atoms with Crippen molar-refractivity contribution in [1.29, 1.82) is 0 Å². The number of anilines is 2. The number of carbonyl (C=O) groups excluding carboxylic acids is 2. The Labute approximate surface area is 121 Å². The van der Waals surface area contributed by atoms with Gasteiger partial charge in [0.1, 0.15) is 11.9 Å². The lowest BCUT2D eigenvalue weighted by molar-refractivity contribution is -0.133. The first-order valence-corrected chi connectivity index (χ1v) is 6.85. The molecule has 1 saturated heterocycles. The Morgan fingerprint density at radius 2 is 2.33 bits per heavy atom. The fourth-order valence-corrected chi connectivity index (χ4v) is 2.29. The molecule has 0 aromatic carbocycles. The molecular weight excluding hydrogens is 272 g/mol. The van der Waals surface area contributed by atoms with Gasteiger partial charge in [-0.05, 0) is 13.3 Å². The van der Waals surface area contributed by atoms with Crippen LogP contribution in [-0.4, -0.2) is 38.8 Å². The number of hydrogen-bond acceptors (Lipinski definition) is 6. The van der Waals surface area contributed by atoms with Gasteiger partial charge >= 0.3 is 0 Å². The van der Waals surface area contributed by atoms with E-state index in [0.717, 1.165) is 6.54 Å². The average molecular weight is 288 g/mol. The number of nitrogens with zero attached hydrogens (tertiary/aromatic N) is 3. The van der Waals surface area contributed by atoms with Crippen molar-refractivity contribution in [3.05, 3.63) is 18.6 Å². The summed E-state index contributed by atoms with van der Waals surface area (Å²) in [4.78, 5) is 31.7. The maximum atomic E-state index is 11.8. The molecular formula is C13H16N6O2. The Morgan fingerprint density at radius 1 is 1.48 bits per heavy atom. The van der Waals surface area contributed by atoms with E-state index in [-0.39, 0.29) is 11.8 Å². The van der Waals surface area contributed by atoms with Crippen LogP contribution in [0.4, 0.5) is 11.6 Å². The fraction of sp³-hybridized carbons (Fsp3) is 0.385. The first kappa shape index (κ1) is 13.3. The van der Waals surface area contributed by atoms with Gasteiger partial charge in [0.05, 0.1) is 6.20 Å². The van der Waals surface area contributed by atoms with Crippen molar-refractivity contribution in [1.82, 2.24) is 19.7 Å². The number of aromatic nitrogens is 3. The van der Waals surface area contributed by atoms with Crippen molar-refractivity contribution in [2.24, 2.45) is 0 Å². The molecule has 0 radical (unpaired) electrons. The fourth-order valence-electron chi connectivity index (χ4n) is 2.29. The molecule has 8 nitrogen and oxygen atoms in total. The number of fused-ring (bicyclic) bond motifs is 1. The summed E-state index contributed by atoms with van der Waals surface area (Å²) in [5, 5.41) is 8.53. The summed E-state index contributed by atoms with van der Waals surface area (Å²) < 4.78 is 1.83. The van der Waals surface area contributed by atoms with Gasteiger partial charge in [0.15, 0.2) is 11.5 Å². The van der Waals surface area contributed by atoms with Crippen molar-refractivity contribution in [2.45, 2.75) is 25.8 Å². The summed E-state index contributed by atoms with van der Waals surface area (Å²) in [6, 6.07) is -0.479. The van der Waals surface area contributed by atoms with E-state index in [1.54, 1.807) is 6.20 Å². The maximum Gasteiger partial charge on any atom is 0.249 e. The van der Waals surface area contributed by atoms with E-state index in [1.165, 1.54) is 0 Å². The highest BCUT2D eigenvalue weighted by molar-refractivity contribution is 6.01. The number of imidazole rings is 1. The second-order valence-corrected chi connectivity index (χ2v) is 4.81. The Balaban J connectivity index is 1.90. The van der Waals surface area contributed by atoms with Gasteiger partial charge < -0.3 is 15.0 Å². The summed E-state index contributed by atoms with van der Waals surface area (Å²) in [6.45, 7) is 2.72. The van der Waals surface area contributed by atoms with Gasteiger partial charge in [-0.3, -0.25) is 14.9 Å². The lowest BCUT2D eigenvalue weighted by Gasteiger charge is -2.22. The highest BCUT2D eigenvalue weighted by Crippen LogP contribution is 2.19. The summed E-state index contributed by atoms with van der Waals surface area (Å²) >= 11 is 0. The highest BCUT2D eigenvalue weighted by Gasteiger charge is 2.27. The van der Waals surface area contributed by atoms with Crippen LogP contribution in [0.3, 0.4) is 0 Å². The van der Waals surface area contributed by atoms with Gasteiger partial charge in [-0.15, -0.1) is 0 Å². The molecule has 1 unspecified atom stereocenters. The number of hydrogen-bond donors (Lipinski definition) is 3. The Kier molecular flexibility index (Phi) is 3.43. The zero-order valence-corrected chi connectivity index (χ0v) is 11.6. The second kappa shape index (κ2) is 5.39. The van der Waals surface area contributed by atoms with Crippen LogP contribution in [0.5, 0.6) is 0 Å². The Hall–Kier alpha value is -2.64. The molecule has 21 heavy (non-hydrogen) atoms. The molecule has 1 aliphatic heterocycles. The first-order valence-electron chi connectivity index (χ1n) is 6.85. The number of nitrogens with one attached hydrogen (secondary N) is 3. The molecule has 8 heteroatoms. The van der Waals surface area contributed by atoms with Gasteiger partial charge in [-0.1, -0.05) is 0 Å². The molecule has 2 amide bonds. The van der Waals surface area contributed by atoms with Crippen LogP contribution in [0, 0.1) is 0 Å². The van der Waals surface area contributed by atoms with Crippen LogP contribution in [0.2, 0.25) is 0 Å². The zero-order valence-electron chi connectivity index (χ0n) is 11.6. The number of amides is 2. The molecule has 1 aliphatic rings. The lowest BCUT2D eigenvalue weighted by Crippen LogP contribution is -2.47. The SMILES string of the molecule is CCNc1cn2ccnc2c(NC2CCC(=O)NC2=O)n1. The molecule has 1 atom stereocenters. The summed E-state index contributed by atoms with van der Waals surface area (Å²) in [5.74, 6) is 0.649. The minimum atomic E-state index is -0.479. The number of piperidine rings is 1. The van der Waals surface area contributed by atoms with Crippen molar-refractivity contribution in [2.75, 3.05) is 17.2 Å². The lowest BCUT2D eigenvalue weighted by atomic mass is 10.1. The van der Waals surface area contributed by atoms with Crippen molar-refractivity contribution >= 4 is 29.1 Å². The third-order valence-electron chi connectivity index (χ3n) is 3.28. The van der Waals surface area contributed by atoms with Crippen LogP contribution < -0.4 is 16.0 Å². The topological polar surface area (TPSA) is 100 Å². The van der Waals surface area contributed by atoms with E-state index in [0.29, 0.717) is 30.1 Å². The summed E-state index contributed by atoms with van der Waals surface area (Å²) in [5.41, 5.74) is 0.640. The predicted molar refractivity (Wildman–Crippen MR) is 76.9 cm³/mol. The zero-order chi connectivity index (χ0) is 14.8. The molecule has 3 rings (SSSR count). The van der Waals surface area contributed by atoms with Gasteiger partial charge in [-0.25, -0.2) is 9.97 Å². The number of rotatable bonds is 4. The molecule has 0 aliphatic carbocycles. The Morgan fingerprint density at radius 3 is 3.10 bits per heavy atom. The van der Waals surface area contributed by atoms with E-state index in [2.05, 4.69) is 25.9 Å². The Bertz CT molecular complexity index is 695. The smallest absolute Gasteiger partial charge is 0.249 e. The van der Waals surface area contributed by atoms with E-state index < -0.39 is 6.04 Å². The van der Waals surface area contributed by atoms with Crippen molar-refractivity contribution in [3.63, 3.8) is 0 Å². The molecule has 110 valence electrons. The molecule has 3 N–H and O–H groups in total. The van der Waals surface area contributed by atoms with Gasteiger partial charge in [0.25, 0.3) is 0 Å². The van der Waals surface area contributed by atoms with E-state index in [4.69, 9.17) is 0 Å². The standard InChI is InChI=1S/C13H16N6O2/c1-2-14-9-7-19-6-5-15-12(19)11(17-9)16-8-3-4-10(20)18-13(8)21/h5-8,14H,2-4H2,1H3,(H,16,17)(H,18,20,21). The van der Waals surface area contributed by atoms with E-state index in [9.17, 15) is 9.59 Å². The predicted octanol–water partition coefficient (Wildman–Crippen LogP) is 0.378. The molecule has 1 fully saturated rings. The van der Waals surface area contributed by atoms with Crippen LogP contribution in [0.1, 0.15) is 19.8 Å². The second-order valence-electron chi connectivity index (χ2n) is 4.81. The maximum absolute atomic E-state index is 11.8. The minimum absolute atomic E-state index is 0.238. The van der Waals surface area contributed by atoms with E-state index >= 15 is 0 Å². The van der Waals surface area contributed by atoms with Crippen LogP contribution in [-0.2, 0) is 9.59 Å². The third-order valence-corrected chi connectivity index (χ3v) is 3.28. The molecule has 0 bridgehead atoms. The highest BCUT2D eigenvalue weighted by atomic mass is 16.2. The van der Waals surface area contributed by atoms with Gasteiger partial charge in [-0.2, -0.15) is 0 Å². The number of imide groups is 1. The molecule has 3 heterocycles. The largest absolute Gasteiger partial charge is 0.369 e. The normalized spacial score (nSPS) is 18.6. The third kappa shape index (κ3) is 2.64. The summed E-state index contributed by atoms with van der Waals surface area (Å²) in [7, 11) is 0. The molecule has 2 aromatic heterocycles. The molecule has 0 saturated carbocycles. The molecule has 0 spiro atoms. The van der Waals surface area contributed by atoms with Crippen LogP contribution in [0.15, 0.2) is 18.6 Å². The van der Waals surface area contributed by atoms with Crippen molar-refractivity contribution < 1.29 is 9.59 Å². The van der Waals surface area contributed by atoms with Crippen molar-refractivity contribution in [3.8, 4) is 0 Å². The molecule has 2 aromatic rings. The van der Waals surface area contributed by atoms with Crippen LogP contribution in [0.25, 0.3) is 5.65 Å². The minimum Gasteiger partial charge on any atom is -0.369 e. The summed E-state index contributed by atoms with van der Waals surface area (Å²) in [6.07, 6.45) is 6.09. The quantitative estimate of drug-likeness (QED) is 0.703. The first-order chi connectivity index (χ1) is 10.2. The monoisotopic (exact) mass is 288 g/mol. The van der Waals surface area contributed by atoms with Gasteiger partial charge in [0.2, 0.25) is 11.8 Å². The van der Waals surface area contributed by atoms with Gasteiger partial charge in [0, 0.05) is 25.4 Å². The number of carbonyl (C=O) groups is 2. The van der Waals surface area contributed by atoms with E-state index in [1.807, 2.05) is 23.7 Å². The average Bonchev–Trinajstić information content (AvgIpc) is 2.91. The van der Waals surface area contributed by atoms with Crippen LogP contribution >= 0.6 is 0 Å².